The molecule has 5 heterocycles. The number of rotatable bonds is 17. The van der Waals surface area contributed by atoms with Crippen molar-refractivity contribution in [1.82, 2.24) is 0 Å². The van der Waals surface area contributed by atoms with Crippen LogP contribution in [0.2, 0.25) is 0 Å². The van der Waals surface area contributed by atoms with Gasteiger partial charge in [-0.2, -0.15) is 0 Å². The zero-order valence-electron chi connectivity index (χ0n) is 45.0. The monoisotopic (exact) mass is 1410 g/mol. The average Bonchev–Trinajstić information content (AvgIpc) is 2.75. The third kappa shape index (κ3) is 32.8. The predicted molar refractivity (Wildman–Crippen MR) is 232 cm³/mol. The van der Waals surface area contributed by atoms with Gasteiger partial charge in [0.15, 0.2) is 43.5 Å². The molecule has 16 N–H and O–H groups in total. The molecule has 86 heavy (non-hydrogen) atoms. The second-order valence-corrected chi connectivity index (χ2v) is 20.9. The summed E-state index contributed by atoms with van der Waals surface area (Å²) in [7, 11) is -25.0. The number of hydrogen-bond donors (Lipinski definition) is 13. The van der Waals surface area contributed by atoms with Crippen molar-refractivity contribution in [3.63, 3.8) is 0 Å². The molecule has 0 aliphatic carbocycles. The second kappa shape index (κ2) is 40.7. The number of nitrogens with two attached hydrogens (primary N) is 3. The summed E-state index contributed by atoms with van der Waals surface area (Å²) in [6.07, 6.45) is -40.3. The molecule has 5 fully saturated rings. The molecule has 5 aliphatic rings. The van der Waals surface area contributed by atoms with Gasteiger partial charge in [-0.25, -0.2) is 51.7 Å². The summed E-state index contributed by atoms with van der Waals surface area (Å²) in [5, 5.41) is 74.9. The van der Waals surface area contributed by atoms with Crippen LogP contribution < -0.4 is 165 Å². The first kappa shape index (κ1) is 94.6. The molecule has 44 nitrogen and oxygen atoms in total. The van der Waals surface area contributed by atoms with Crippen LogP contribution in [-0.2, 0) is 127 Å². The molecule has 0 spiro atoms. The minimum atomic E-state index is -5.87. The Balaban J connectivity index is -0.00000150. The molecule has 5 saturated heterocycles. The van der Waals surface area contributed by atoms with E-state index in [9.17, 15) is 76.1 Å². The summed E-state index contributed by atoms with van der Waals surface area (Å²) in [6.45, 7) is 5.67. The van der Waals surface area contributed by atoms with Gasteiger partial charge in [0, 0.05) is 7.11 Å². The zero-order valence-corrected chi connectivity index (χ0v) is 59.1. The number of carbonyl (C=O) groups excluding carboxylic acids is 2. The van der Waals surface area contributed by atoms with Crippen LogP contribution in [0.4, 0.5) is 0 Å². The van der Waals surface area contributed by atoms with Gasteiger partial charge in [-0.3, -0.25) is 33.2 Å². The van der Waals surface area contributed by atoms with E-state index in [-0.39, 0.29) is 154 Å². The Bertz CT molecular complexity index is 2550. The van der Waals surface area contributed by atoms with E-state index in [0.717, 1.165) is 13.5 Å². The van der Waals surface area contributed by atoms with Gasteiger partial charge in [0.05, 0.1) is 30.9 Å². The van der Waals surface area contributed by atoms with Gasteiger partial charge in [0.2, 0.25) is 52.0 Å². The van der Waals surface area contributed by atoms with Crippen molar-refractivity contribution < 1.29 is 337 Å². The molecule has 478 valence electrons. The van der Waals surface area contributed by atoms with Gasteiger partial charge in [-0.05, 0) is 6.10 Å². The van der Waals surface area contributed by atoms with Gasteiger partial charge >= 0.3 is 166 Å². The molecule has 0 bridgehead atoms. The molecule has 24 atom stereocenters. The molecule has 54 heteroatoms. The first-order chi connectivity index (χ1) is 36.7. The first-order valence-electron chi connectivity index (χ1n) is 21.1. The fourth-order valence-electron chi connectivity index (χ4n) is 7.26. The molecule has 5 aliphatic heterocycles. The molecule has 0 saturated carbocycles. The van der Waals surface area contributed by atoms with Crippen LogP contribution in [-0.4, -0.2) is 294 Å². The number of aliphatic hydroxyl groups is 6. The van der Waals surface area contributed by atoms with E-state index in [1.807, 2.05) is 0 Å². The standard InChI is InChI=1S/C32H50N3O29S2.5Na.3H2O4S/c1-7-10(57-31-18(41)17(40)21(25(63-31)27(45)53-6-36)61-30-12(34)15(38)14(37)8(2)56-30)4-9(33)28(55-7)60-22-19(42)23(64-66(49,50)51)32(62-24(22)26(43)44)59-20-11(5-54-65(46,47)48)58-29(52-3)13(35)16(20)39;;;;;;3*1-5(2,3)4/h4,6-25,28-32,37-42H,1-2,5,33-35H2,3H3,(H,43,44)(H,46,47,48)(H,49,50,51);;;;;;3*(H2,1,2,3,4)/q-3;5*+1;;;/p-5/t7?,8?,9?,10-,11?,12?,13?,14+,15+,16+,17+,18?,19-,20+,21-,22-,23?,24?,25?,28+,29-,30+,31+,32+;;;;;;;;/m0......../s1. The fraction of sp³-hybridized carbons (Fsp3) is 0.812. The Kier molecular flexibility index (Phi) is 44.7. The van der Waals surface area contributed by atoms with Crippen LogP contribution in [0.5, 0.6) is 0 Å². The van der Waals surface area contributed by atoms with E-state index in [0.29, 0.717) is 0 Å². The number of aliphatic hydroxyl groups excluding tert-OH is 6. The molecule has 0 radical (unpaired) electrons. The van der Waals surface area contributed by atoms with Crippen LogP contribution in [0.15, 0.2) is 0 Å². The zero-order chi connectivity index (χ0) is 62.8. The number of ether oxygens (including phenoxy) is 11. The number of carboxylic acids is 1. The number of esters is 1. The van der Waals surface area contributed by atoms with Crippen molar-refractivity contribution in [2.75, 3.05) is 13.7 Å². The summed E-state index contributed by atoms with van der Waals surface area (Å²) in [4.78, 5) is 36.5. The normalized spacial score (nSPS) is 37.3. The van der Waals surface area contributed by atoms with Crippen molar-refractivity contribution in [2.24, 2.45) is 17.2 Å². The fourth-order valence-corrected chi connectivity index (χ4v) is 8.04. The Labute approximate surface area is 598 Å². The van der Waals surface area contributed by atoms with Gasteiger partial charge in [0.25, 0.3) is 0 Å². The first-order valence-corrected chi connectivity index (χ1v) is 27.9. The van der Waals surface area contributed by atoms with E-state index in [1.165, 1.54) is 0 Å². The predicted octanol–water partition coefficient (Wildman–Crippen LogP) is -28.0. The maximum Gasteiger partial charge on any atom is 1.00 e. The number of carboxylic acid groups (broad SMARTS) is 1. The minimum Gasteiger partial charge on any atom is -0.726 e. The number of carbonyl (C=O) groups is 3. The SMILES string of the molecule is O=S(=O)([O-])O.O=S(=O)([O-])O.O=S(=O)([O-])O.[CH2-]C1O[C@H](O[C@@H]2C(C(=O)O)O[C@@H](O[C@@H]3C(COS(=O)(=O)[O-])O[C@H](OC)C(N)[C@H]3O)C(OS(=O)(=O)[O-])[C@H]2O)C(N)[CH-][C@@H]1O[C@@H]1OC(C(=O)OC=O)[C@@H](O[C@H]2OC([CH2-])[C@@H](O)[C@H](O)C2N)[C@H](O)C1O.[Na+].[Na+].[Na+].[Na+].[Na+]. The molecular formula is C32H51N3Na5O41S5-3. The molecule has 10 unspecified atom stereocenters. The van der Waals surface area contributed by atoms with E-state index in [1.54, 1.807) is 0 Å². The largest absolute Gasteiger partial charge is 1.00 e. The van der Waals surface area contributed by atoms with Crippen molar-refractivity contribution >= 4 is 70.4 Å². The number of aliphatic carboxylic acids is 1. The molecule has 0 aromatic rings. The second-order valence-electron chi connectivity index (χ2n) is 16.3. The third-order valence-electron chi connectivity index (χ3n) is 10.6. The molecule has 0 amide bonds. The summed E-state index contributed by atoms with van der Waals surface area (Å²) in [6, 6.07) is -4.64. The average molecular weight is 1410 g/mol. The molecule has 0 aromatic heterocycles. The summed E-state index contributed by atoms with van der Waals surface area (Å²) >= 11 is 0. The van der Waals surface area contributed by atoms with Crippen LogP contribution in [0.3, 0.4) is 0 Å². The van der Waals surface area contributed by atoms with Crippen molar-refractivity contribution in [3.05, 3.63) is 20.3 Å². The van der Waals surface area contributed by atoms with E-state index >= 15 is 0 Å². The quantitative estimate of drug-likeness (QED) is 0.0122. The van der Waals surface area contributed by atoms with Crippen molar-refractivity contribution in [1.29, 1.82) is 0 Å². The maximum absolute atomic E-state index is 12.8. The Morgan fingerprint density at radius 1 is 0.547 bits per heavy atom. The van der Waals surface area contributed by atoms with Crippen LogP contribution in [0.1, 0.15) is 0 Å². The van der Waals surface area contributed by atoms with E-state index in [2.05, 4.69) is 27.0 Å². The Morgan fingerprint density at radius 3 is 1.44 bits per heavy atom. The Hall–Kier alpha value is 2.20. The summed E-state index contributed by atoms with van der Waals surface area (Å²) < 4.78 is 235. The van der Waals surface area contributed by atoms with Gasteiger partial charge in [-0.15, -0.1) is 0 Å². The van der Waals surface area contributed by atoms with Crippen LogP contribution in [0, 0.1) is 20.3 Å². The van der Waals surface area contributed by atoms with E-state index < -0.39 is 218 Å². The molecule has 5 rings (SSSR count). The van der Waals surface area contributed by atoms with Crippen molar-refractivity contribution in [2.45, 2.75) is 147 Å². The third-order valence-corrected chi connectivity index (χ3v) is 11.5. The summed E-state index contributed by atoms with van der Waals surface area (Å²) in [5.41, 5.74) is 18.0. The summed E-state index contributed by atoms with van der Waals surface area (Å²) in [5.74, 6) is -3.46. The van der Waals surface area contributed by atoms with E-state index in [4.69, 9.17) is 117 Å². The molecule has 0 aromatic carbocycles. The van der Waals surface area contributed by atoms with Crippen LogP contribution >= 0.6 is 0 Å². The smallest absolute Gasteiger partial charge is 0.726 e. The van der Waals surface area contributed by atoms with Gasteiger partial charge < -0.3 is 142 Å². The topological polar surface area (TPSA) is 738 Å². The van der Waals surface area contributed by atoms with Crippen molar-refractivity contribution in [3.8, 4) is 0 Å². The van der Waals surface area contributed by atoms with Gasteiger partial charge in [-0.1, -0.05) is 18.2 Å². The minimum absolute atomic E-state index is 0. The number of hydrogen-bond acceptors (Lipinski definition) is 40. The number of methoxy groups -OCH3 is 1. The van der Waals surface area contributed by atoms with Gasteiger partial charge in [0.1, 0.15) is 55.1 Å². The maximum atomic E-state index is 12.8. The molecular weight excluding hydrogens is 1360 g/mol. The Morgan fingerprint density at radius 2 is 0.988 bits per heavy atom. The van der Waals surface area contributed by atoms with Crippen LogP contribution in [0.25, 0.3) is 0 Å².